The summed E-state index contributed by atoms with van der Waals surface area (Å²) in [5.74, 6) is -1.02. The third kappa shape index (κ3) is 4.07. The Balaban J connectivity index is 2.26. The van der Waals surface area contributed by atoms with Crippen LogP contribution in [-0.2, 0) is 11.3 Å². The number of anilines is 1. The molecular formula is C17H19N3O4. The highest BCUT2D eigenvalue weighted by Gasteiger charge is 2.16. The standard InChI is InChI=1S/C17H19N3O4/c1-3-11-20-15(21)10-9-14(19-20)16(22)18-13-8-6-5-7-12(13)17(23)24-4-2/h5-10H,3-4,11H2,1-2H3,(H,18,22). The third-order valence-electron chi connectivity index (χ3n) is 3.21. The van der Waals surface area contributed by atoms with Crippen LogP contribution in [0, 0.1) is 0 Å². The molecule has 7 heteroatoms. The largest absolute Gasteiger partial charge is 0.462 e. The minimum Gasteiger partial charge on any atom is -0.462 e. The van der Waals surface area contributed by atoms with Gasteiger partial charge in [-0.1, -0.05) is 19.1 Å². The second-order valence-corrected chi connectivity index (χ2v) is 5.00. The molecule has 0 fully saturated rings. The molecule has 0 bridgehead atoms. The zero-order valence-corrected chi connectivity index (χ0v) is 13.6. The monoisotopic (exact) mass is 329 g/mol. The first-order valence-electron chi connectivity index (χ1n) is 7.72. The fraction of sp³-hybridized carbons (Fsp3) is 0.294. The van der Waals surface area contributed by atoms with Gasteiger partial charge >= 0.3 is 5.97 Å². The number of para-hydroxylation sites is 1. The molecule has 0 saturated carbocycles. The minimum atomic E-state index is -0.516. The van der Waals surface area contributed by atoms with E-state index in [-0.39, 0.29) is 23.4 Å². The first-order valence-corrected chi connectivity index (χ1v) is 7.72. The molecule has 1 aromatic heterocycles. The Hall–Kier alpha value is -2.96. The number of ether oxygens (including phenoxy) is 1. The Morgan fingerprint density at radius 3 is 2.62 bits per heavy atom. The minimum absolute atomic E-state index is 0.0988. The van der Waals surface area contributed by atoms with E-state index in [1.54, 1.807) is 31.2 Å². The van der Waals surface area contributed by atoms with Gasteiger partial charge in [0.1, 0.15) is 5.69 Å². The van der Waals surface area contributed by atoms with Crippen molar-refractivity contribution in [1.82, 2.24) is 9.78 Å². The first-order chi connectivity index (χ1) is 11.6. The van der Waals surface area contributed by atoms with E-state index in [1.807, 2.05) is 6.92 Å². The summed E-state index contributed by atoms with van der Waals surface area (Å²) < 4.78 is 6.21. The van der Waals surface area contributed by atoms with E-state index in [0.29, 0.717) is 12.2 Å². The number of carbonyl (C=O) groups is 2. The normalized spacial score (nSPS) is 10.2. The van der Waals surface area contributed by atoms with Crippen LogP contribution in [0.2, 0.25) is 0 Å². The highest BCUT2D eigenvalue weighted by atomic mass is 16.5. The fourth-order valence-electron chi connectivity index (χ4n) is 2.11. The molecule has 1 aromatic carbocycles. The van der Waals surface area contributed by atoms with Crippen molar-refractivity contribution in [3.8, 4) is 0 Å². The second-order valence-electron chi connectivity index (χ2n) is 5.00. The van der Waals surface area contributed by atoms with Crippen LogP contribution in [0.15, 0.2) is 41.2 Å². The van der Waals surface area contributed by atoms with Crippen molar-refractivity contribution in [3.05, 3.63) is 58.0 Å². The van der Waals surface area contributed by atoms with Gasteiger partial charge in [-0.15, -0.1) is 0 Å². The van der Waals surface area contributed by atoms with E-state index < -0.39 is 11.9 Å². The van der Waals surface area contributed by atoms with Crippen LogP contribution in [0.3, 0.4) is 0 Å². The van der Waals surface area contributed by atoms with E-state index in [1.165, 1.54) is 16.8 Å². The van der Waals surface area contributed by atoms with Crippen LogP contribution in [0.25, 0.3) is 0 Å². The molecule has 1 heterocycles. The van der Waals surface area contributed by atoms with Crippen LogP contribution in [0.5, 0.6) is 0 Å². The van der Waals surface area contributed by atoms with Crippen molar-refractivity contribution in [2.24, 2.45) is 0 Å². The molecule has 0 aliphatic carbocycles. The average molecular weight is 329 g/mol. The summed E-state index contributed by atoms with van der Waals surface area (Å²) in [6, 6.07) is 9.21. The zero-order valence-electron chi connectivity index (χ0n) is 13.6. The quantitative estimate of drug-likeness (QED) is 0.820. The summed E-state index contributed by atoms with van der Waals surface area (Å²) in [7, 11) is 0. The Kier molecular flexibility index (Phi) is 5.83. The molecule has 2 aromatic rings. The maximum atomic E-state index is 12.4. The van der Waals surface area contributed by atoms with E-state index in [0.717, 1.165) is 6.42 Å². The van der Waals surface area contributed by atoms with Crippen molar-refractivity contribution in [2.75, 3.05) is 11.9 Å². The van der Waals surface area contributed by atoms with E-state index in [9.17, 15) is 14.4 Å². The molecule has 0 aliphatic rings. The summed E-state index contributed by atoms with van der Waals surface area (Å²) in [5.41, 5.74) is 0.424. The number of aryl methyl sites for hydroxylation is 1. The summed E-state index contributed by atoms with van der Waals surface area (Å²) in [4.78, 5) is 36.0. The topological polar surface area (TPSA) is 90.3 Å². The summed E-state index contributed by atoms with van der Waals surface area (Å²) in [6.07, 6.45) is 0.726. The SMILES string of the molecule is CCCn1nc(C(=O)Nc2ccccc2C(=O)OCC)ccc1=O. The number of carbonyl (C=O) groups excluding carboxylic acids is 2. The molecule has 7 nitrogen and oxygen atoms in total. The van der Waals surface area contributed by atoms with E-state index in [4.69, 9.17) is 4.74 Å². The van der Waals surface area contributed by atoms with Gasteiger partial charge in [0.25, 0.3) is 11.5 Å². The summed E-state index contributed by atoms with van der Waals surface area (Å²) >= 11 is 0. The lowest BCUT2D eigenvalue weighted by Crippen LogP contribution is -2.26. The van der Waals surface area contributed by atoms with Gasteiger partial charge in [0.2, 0.25) is 0 Å². The Morgan fingerprint density at radius 1 is 1.17 bits per heavy atom. The van der Waals surface area contributed by atoms with Crippen molar-refractivity contribution in [2.45, 2.75) is 26.8 Å². The molecule has 0 unspecified atom stereocenters. The molecule has 0 saturated heterocycles. The van der Waals surface area contributed by atoms with Crippen LogP contribution in [0.1, 0.15) is 41.1 Å². The number of aromatic nitrogens is 2. The third-order valence-corrected chi connectivity index (χ3v) is 3.21. The number of amides is 1. The molecule has 1 amide bonds. The highest BCUT2D eigenvalue weighted by Crippen LogP contribution is 2.17. The predicted octanol–water partition coefficient (Wildman–Crippen LogP) is 2.08. The first kappa shape index (κ1) is 17.4. The van der Waals surface area contributed by atoms with E-state index >= 15 is 0 Å². The molecular weight excluding hydrogens is 310 g/mol. The van der Waals surface area contributed by atoms with Gasteiger partial charge in [-0.2, -0.15) is 5.10 Å². The van der Waals surface area contributed by atoms with Crippen molar-refractivity contribution in [3.63, 3.8) is 0 Å². The number of hydrogen-bond donors (Lipinski definition) is 1. The number of nitrogens with zero attached hydrogens (tertiary/aromatic N) is 2. The van der Waals surface area contributed by atoms with Gasteiger partial charge in [-0.25, -0.2) is 9.48 Å². The van der Waals surface area contributed by atoms with Gasteiger partial charge in [-0.3, -0.25) is 9.59 Å². The Bertz CT molecular complexity index is 798. The molecule has 2 rings (SSSR count). The van der Waals surface area contributed by atoms with Crippen molar-refractivity contribution in [1.29, 1.82) is 0 Å². The van der Waals surface area contributed by atoms with Crippen LogP contribution in [0.4, 0.5) is 5.69 Å². The lowest BCUT2D eigenvalue weighted by molar-refractivity contribution is 0.0527. The number of hydrogen-bond acceptors (Lipinski definition) is 5. The molecule has 24 heavy (non-hydrogen) atoms. The number of benzene rings is 1. The number of esters is 1. The molecule has 0 aliphatic heterocycles. The molecule has 0 spiro atoms. The Morgan fingerprint density at radius 2 is 1.92 bits per heavy atom. The maximum Gasteiger partial charge on any atom is 0.340 e. The fourth-order valence-corrected chi connectivity index (χ4v) is 2.11. The van der Waals surface area contributed by atoms with Gasteiger partial charge in [0, 0.05) is 12.6 Å². The lowest BCUT2D eigenvalue weighted by Gasteiger charge is -2.10. The second kappa shape index (κ2) is 8.05. The predicted molar refractivity (Wildman–Crippen MR) is 89.1 cm³/mol. The van der Waals surface area contributed by atoms with Gasteiger partial charge in [-0.05, 0) is 31.5 Å². The Labute approximate surface area is 139 Å². The van der Waals surface area contributed by atoms with Crippen LogP contribution in [-0.4, -0.2) is 28.3 Å². The van der Waals surface area contributed by atoms with Crippen LogP contribution < -0.4 is 10.9 Å². The molecule has 0 radical (unpaired) electrons. The van der Waals surface area contributed by atoms with Gasteiger partial charge in [0.05, 0.1) is 17.9 Å². The number of nitrogens with one attached hydrogen (secondary N) is 1. The summed E-state index contributed by atoms with van der Waals surface area (Å²) in [5, 5.41) is 6.68. The van der Waals surface area contributed by atoms with Crippen molar-refractivity contribution >= 4 is 17.6 Å². The smallest absolute Gasteiger partial charge is 0.340 e. The van der Waals surface area contributed by atoms with Gasteiger partial charge < -0.3 is 10.1 Å². The molecule has 1 N–H and O–H groups in total. The highest BCUT2D eigenvalue weighted by molar-refractivity contribution is 6.06. The zero-order chi connectivity index (χ0) is 17.5. The maximum absolute atomic E-state index is 12.4. The van der Waals surface area contributed by atoms with Crippen LogP contribution >= 0.6 is 0 Å². The van der Waals surface area contributed by atoms with Gasteiger partial charge in [0.15, 0.2) is 0 Å². The number of rotatable bonds is 6. The average Bonchev–Trinajstić information content (AvgIpc) is 2.57. The molecule has 126 valence electrons. The lowest BCUT2D eigenvalue weighted by atomic mass is 10.1. The van der Waals surface area contributed by atoms with Crippen molar-refractivity contribution < 1.29 is 14.3 Å². The summed E-state index contributed by atoms with van der Waals surface area (Å²) in [6.45, 7) is 4.29. The van der Waals surface area contributed by atoms with E-state index in [2.05, 4.69) is 10.4 Å². The molecule has 0 atom stereocenters.